The van der Waals surface area contributed by atoms with Crippen LogP contribution in [0.25, 0.3) is 21.9 Å². The first-order valence-electron chi connectivity index (χ1n) is 8.22. The molecule has 0 aliphatic rings. The SMILES string of the molecule is N#C/C(=C/c1cccc(Oc2ccc(Cl)cc2)c1)c1nc2ccccc2s1. The van der Waals surface area contributed by atoms with Crippen molar-refractivity contribution in [3.63, 3.8) is 0 Å². The standard InChI is InChI=1S/C22H13ClN2OS/c23-17-8-10-18(11-9-17)26-19-5-3-4-15(13-19)12-16(14-24)22-25-20-6-1-2-7-21(20)27-22/h1-13H/b16-12-. The number of allylic oxidation sites excluding steroid dienone is 1. The van der Waals surface area contributed by atoms with E-state index < -0.39 is 0 Å². The van der Waals surface area contributed by atoms with Crippen LogP contribution < -0.4 is 4.74 Å². The van der Waals surface area contributed by atoms with Gasteiger partial charge < -0.3 is 4.74 Å². The van der Waals surface area contributed by atoms with Gasteiger partial charge in [0.15, 0.2) is 0 Å². The molecule has 27 heavy (non-hydrogen) atoms. The first kappa shape index (κ1) is 17.3. The highest BCUT2D eigenvalue weighted by atomic mass is 35.5. The molecule has 4 aromatic rings. The highest BCUT2D eigenvalue weighted by Gasteiger charge is 2.09. The fourth-order valence-electron chi connectivity index (χ4n) is 2.60. The number of hydrogen-bond acceptors (Lipinski definition) is 4. The molecule has 0 fully saturated rings. The number of para-hydroxylation sites is 1. The normalized spacial score (nSPS) is 11.3. The second kappa shape index (κ2) is 7.63. The fourth-order valence-corrected chi connectivity index (χ4v) is 3.66. The van der Waals surface area contributed by atoms with Crippen LogP contribution in [0.15, 0.2) is 72.8 Å². The second-order valence-electron chi connectivity index (χ2n) is 5.79. The molecule has 0 bridgehead atoms. The zero-order valence-corrected chi connectivity index (χ0v) is 15.7. The molecular weight excluding hydrogens is 376 g/mol. The van der Waals surface area contributed by atoms with E-state index in [1.54, 1.807) is 12.1 Å². The van der Waals surface area contributed by atoms with Crippen molar-refractivity contribution in [2.75, 3.05) is 0 Å². The number of nitrogens with zero attached hydrogens (tertiary/aromatic N) is 2. The van der Waals surface area contributed by atoms with E-state index in [0.717, 1.165) is 15.8 Å². The van der Waals surface area contributed by atoms with Gasteiger partial charge in [0, 0.05) is 5.02 Å². The van der Waals surface area contributed by atoms with Gasteiger partial charge in [0.25, 0.3) is 0 Å². The highest BCUT2D eigenvalue weighted by Crippen LogP contribution is 2.29. The van der Waals surface area contributed by atoms with E-state index in [1.807, 2.05) is 66.7 Å². The third kappa shape index (κ3) is 4.01. The largest absolute Gasteiger partial charge is 0.457 e. The van der Waals surface area contributed by atoms with Crippen LogP contribution in [0.3, 0.4) is 0 Å². The Kier molecular flexibility index (Phi) is 4.88. The predicted molar refractivity (Wildman–Crippen MR) is 111 cm³/mol. The van der Waals surface area contributed by atoms with Gasteiger partial charge in [-0.1, -0.05) is 35.9 Å². The maximum Gasteiger partial charge on any atom is 0.135 e. The number of benzene rings is 3. The van der Waals surface area contributed by atoms with Gasteiger partial charge in [0.05, 0.1) is 15.8 Å². The Labute approximate surface area is 165 Å². The molecule has 0 amide bonds. The van der Waals surface area contributed by atoms with Crippen molar-refractivity contribution in [3.8, 4) is 17.6 Å². The molecule has 1 aromatic heterocycles. The Hall–Kier alpha value is -3.13. The molecule has 5 heteroatoms. The quantitative estimate of drug-likeness (QED) is 0.361. The number of rotatable bonds is 4. The van der Waals surface area contributed by atoms with Gasteiger partial charge in [-0.2, -0.15) is 5.26 Å². The Balaban J connectivity index is 1.63. The van der Waals surface area contributed by atoms with Crippen molar-refractivity contribution >= 4 is 44.8 Å². The van der Waals surface area contributed by atoms with E-state index in [9.17, 15) is 5.26 Å². The Bertz CT molecular complexity index is 1140. The van der Waals surface area contributed by atoms with Gasteiger partial charge in [0.2, 0.25) is 0 Å². The molecule has 3 nitrogen and oxygen atoms in total. The summed E-state index contributed by atoms with van der Waals surface area (Å²) in [5.74, 6) is 1.39. The number of hydrogen-bond donors (Lipinski definition) is 0. The molecule has 0 atom stereocenters. The summed E-state index contributed by atoms with van der Waals surface area (Å²) in [5.41, 5.74) is 2.30. The molecule has 0 radical (unpaired) electrons. The van der Waals surface area contributed by atoms with Crippen molar-refractivity contribution in [2.24, 2.45) is 0 Å². The number of ether oxygens (including phenoxy) is 1. The monoisotopic (exact) mass is 388 g/mol. The molecule has 130 valence electrons. The molecular formula is C22H13ClN2OS. The average molecular weight is 389 g/mol. The van der Waals surface area contributed by atoms with Crippen LogP contribution in [0.2, 0.25) is 5.02 Å². The summed E-state index contributed by atoms with van der Waals surface area (Å²) in [7, 11) is 0. The summed E-state index contributed by atoms with van der Waals surface area (Å²) in [6.45, 7) is 0. The third-order valence-corrected chi connectivity index (χ3v) is 5.18. The fraction of sp³-hybridized carbons (Fsp3) is 0. The average Bonchev–Trinajstić information content (AvgIpc) is 3.12. The lowest BCUT2D eigenvalue weighted by atomic mass is 10.1. The van der Waals surface area contributed by atoms with Gasteiger partial charge in [-0.25, -0.2) is 4.98 Å². The zero-order chi connectivity index (χ0) is 18.6. The molecule has 0 N–H and O–H groups in total. The summed E-state index contributed by atoms with van der Waals surface area (Å²) >= 11 is 7.41. The number of nitriles is 1. The minimum atomic E-state index is 0.528. The van der Waals surface area contributed by atoms with Crippen molar-refractivity contribution in [2.45, 2.75) is 0 Å². The molecule has 0 unspecified atom stereocenters. The molecule has 4 rings (SSSR count). The molecule has 0 saturated carbocycles. The van der Waals surface area contributed by atoms with Gasteiger partial charge in [-0.05, 0) is 60.2 Å². The van der Waals surface area contributed by atoms with E-state index in [0.29, 0.717) is 27.1 Å². The topological polar surface area (TPSA) is 45.9 Å². The van der Waals surface area contributed by atoms with Crippen LogP contribution in [0, 0.1) is 11.3 Å². The minimum absolute atomic E-state index is 0.528. The van der Waals surface area contributed by atoms with Crippen LogP contribution in [0.5, 0.6) is 11.5 Å². The van der Waals surface area contributed by atoms with Crippen molar-refractivity contribution in [1.82, 2.24) is 4.98 Å². The summed E-state index contributed by atoms with van der Waals surface area (Å²) in [5, 5.41) is 11.0. The minimum Gasteiger partial charge on any atom is -0.457 e. The zero-order valence-electron chi connectivity index (χ0n) is 14.1. The lowest BCUT2D eigenvalue weighted by Crippen LogP contribution is -1.85. The molecule has 0 saturated heterocycles. The van der Waals surface area contributed by atoms with Gasteiger partial charge in [0.1, 0.15) is 22.6 Å². The Morgan fingerprint density at radius 1 is 1.00 bits per heavy atom. The second-order valence-corrected chi connectivity index (χ2v) is 7.25. The number of aromatic nitrogens is 1. The molecule has 3 aromatic carbocycles. The van der Waals surface area contributed by atoms with Gasteiger partial charge in [-0.15, -0.1) is 11.3 Å². The smallest absolute Gasteiger partial charge is 0.135 e. The summed E-state index contributed by atoms with van der Waals surface area (Å²) in [6, 6.07) is 24.9. The Morgan fingerprint density at radius 2 is 1.81 bits per heavy atom. The molecule has 0 spiro atoms. The van der Waals surface area contributed by atoms with Crippen molar-refractivity contribution < 1.29 is 4.74 Å². The van der Waals surface area contributed by atoms with E-state index >= 15 is 0 Å². The van der Waals surface area contributed by atoms with Crippen LogP contribution in [-0.2, 0) is 0 Å². The summed E-state index contributed by atoms with van der Waals surface area (Å²) < 4.78 is 6.92. The first-order valence-corrected chi connectivity index (χ1v) is 9.42. The van der Waals surface area contributed by atoms with Crippen molar-refractivity contribution in [1.29, 1.82) is 5.26 Å². The highest BCUT2D eigenvalue weighted by molar-refractivity contribution is 7.19. The van der Waals surface area contributed by atoms with Gasteiger partial charge >= 0.3 is 0 Å². The maximum atomic E-state index is 9.60. The van der Waals surface area contributed by atoms with Crippen LogP contribution in [0.4, 0.5) is 0 Å². The molecule has 0 aliphatic carbocycles. The van der Waals surface area contributed by atoms with E-state index in [-0.39, 0.29) is 0 Å². The van der Waals surface area contributed by atoms with Crippen molar-refractivity contribution in [3.05, 3.63) is 88.4 Å². The number of thiazole rings is 1. The predicted octanol–water partition coefficient (Wildman–Crippen LogP) is 6.81. The van der Waals surface area contributed by atoms with Crippen LogP contribution in [-0.4, -0.2) is 4.98 Å². The van der Waals surface area contributed by atoms with Crippen LogP contribution in [0.1, 0.15) is 10.6 Å². The molecule has 1 heterocycles. The third-order valence-electron chi connectivity index (χ3n) is 3.86. The summed E-state index contributed by atoms with van der Waals surface area (Å²) in [4.78, 5) is 4.56. The summed E-state index contributed by atoms with van der Waals surface area (Å²) in [6.07, 6.45) is 1.83. The first-order chi connectivity index (χ1) is 13.2. The number of halogens is 1. The van der Waals surface area contributed by atoms with Gasteiger partial charge in [-0.3, -0.25) is 0 Å². The lowest BCUT2D eigenvalue weighted by molar-refractivity contribution is 0.482. The van der Waals surface area contributed by atoms with Crippen LogP contribution >= 0.6 is 22.9 Å². The Morgan fingerprint density at radius 3 is 2.59 bits per heavy atom. The van der Waals surface area contributed by atoms with E-state index in [4.69, 9.17) is 16.3 Å². The lowest BCUT2D eigenvalue weighted by Gasteiger charge is -2.06. The van der Waals surface area contributed by atoms with E-state index in [1.165, 1.54) is 11.3 Å². The maximum absolute atomic E-state index is 9.60. The van der Waals surface area contributed by atoms with E-state index in [2.05, 4.69) is 11.1 Å². The molecule has 0 aliphatic heterocycles. The number of fused-ring (bicyclic) bond motifs is 1.